The number of aromatic nitrogens is 2. The Morgan fingerprint density at radius 1 is 1.17 bits per heavy atom. The standard InChI is InChI=1S/C16H13FN4O3/c1-8-11(7-18-20(8)2)13-12-14(24-19-13)16(23)21(15(12)22)10-5-3-9(17)4-6-10/h3-7,12,14H,1-2H3/t12-,14+/m1/s1. The van der Waals surface area contributed by atoms with Crippen LogP contribution < -0.4 is 4.90 Å². The maximum atomic E-state index is 13.1. The van der Waals surface area contributed by atoms with Crippen molar-refractivity contribution in [3.63, 3.8) is 0 Å². The van der Waals surface area contributed by atoms with E-state index in [0.717, 1.165) is 10.6 Å². The molecule has 2 atom stereocenters. The van der Waals surface area contributed by atoms with Crippen molar-refractivity contribution in [3.8, 4) is 0 Å². The number of aryl methyl sites for hydroxylation is 1. The van der Waals surface area contributed by atoms with Gasteiger partial charge in [-0.1, -0.05) is 5.16 Å². The summed E-state index contributed by atoms with van der Waals surface area (Å²) >= 11 is 0. The molecule has 0 spiro atoms. The molecule has 0 bridgehead atoms. The van der Waals surface area contributed by atoms with Crippen molar-refractivity contribution in [2.75, 3.05) is 4.90 Å². The lowest BCUT2D eigenvalue weighted by Gasteiger charge is -2.15. The van der Waals surface area contributed by atoms with E-state index in [1.165, 1.54) is 24.3 Å². The second-order valence-electron chi connectivity index (χ2n) is 5.74. The van der Waals surface area contributed by atoms with Gasteiger partial charge in [-0.2, -0.15) is 5.10 Å². The first-order valence-corrected chi connectivity index (χ1v) is 7.35. The monoisotopic (exact) mass is 328 g/mol. The molecule has 2 aliphatic heterocycles. The van der Waals surface area contributed by atoms with Crippen molar-refractivity contribution in [1.82, 2.24) is 9.78 Å². The van der Waals surface area contributed by atoms with E-state index < -0.39 is 29.7 Å². The fraction of sp³-hybridized carbons (Fsp3) is 0.250. The van der Waals surface area contributed by atoms with Gasteiger partial charge in [0.2, 0.25) is 12.0 Å². The van der Waals surface area contributed by atoms with Crippen LogP contribution in [0.25, 0.3) is 0 Å². The number of fused-ring (bicyclic) bond motifs is 1. The highest BCUT2D eigenvalue weighted by atomic mass is 19.1. The van der Waals surface area contributed by atoms with Gasteiger partial charge in [0.15, 0.2) is 0 Å². The molecule has 0 unspecified atom stereocenters. The number of amides is 2. The summed E-state index contributed by atoms with van der Waals surface area (Å²) in [6.07, 6.45) is 0.607. The van der Waals surface area contributed by atoms with Gasteiger partial charge in [0.1, 0.15) is 17.4 Å². The molecule has 1 saturated heterocycles. The molecule has 0 saturated carbocycles. The van der Waals surface area contributed by atoms with Crippen molar-refractivity contribution in [1.29, 1.82) is 0 Å². The number of imide groups is 1. The van der Waals surface area contributed by atoms with E-state index in [1.807, 2.05) is 6.92 Å². The number of hydrogen-bond donors (Lipinski definition) is 0. The molecule has 2 aliphatic rings. The number of rotatable bonds is 2. The molecular formula is C16H13FN4O3. The van der Waals surface area contributed by atoms with E-state index in [2.05, 4.69) is 10.3 Å². The summed E-state index contributed by atoms with van der Waals surface area (Å²) in [7, 11) is 1.78. The first-order chi connectivity index (χ1) is 11.5. The first kappa shape index (κ1) is 14.6. The molecule has 3 heterocycles. The molecule has 2 aromatic rings. The molecule has 7 nitrogen and oxygen atoms in total. The number of benzene rings is 1. The van der Waals surface area contributed by atoms with E-state index in [1.54, 1.807) is 17.9 Å². The van der Waals surface area contributed by atoms with Gasteiger partial charge < -0.3 is 4.84 Å². The van der Waals surface area contributed by atoms with Gasteiger partial charge in [-0.15, -0.1) is 0 Å². The molecule has 1 fully saturated rings. The molecule has 0 N–H and O–H groups in total. The topological polar surface area (TPSA) is 76.8 Å². The van der Waals surface area contributed by atoms with Crippen molar-refractivity contribution < 1.29 is 18.8 Å². The van der Waals surface area contributed by atoms with Crippen LogP contribution in [0.15, 0.2) is 35.6 Å². The molecule has 24 heavy (non-hydrogen) atoms. The van der Waals surface area contributed by atoms with Crippen molar-refractivity contribution in [3.05, 3.63) is 47.5 Å². The molecule has 0 radical (unpaired) electrons. The number of hydrogen-bond acceptors (Lipinski definition) is 5. The minimum absolute atomic E-state index is 0.312. The lowest BCUT2D eigenvalue weighted by atomic mass is 9.94. The minimum atomic E-state index is -0.989. The van der Waals surface area contributed by atoms with E-state index in [4.69, 9.17) is 4.84 Å². The Balaban J connectivity index is 1.72. The Morgan fingerprint density at radius 3 is 2.50 bits per heavy atom. The van der Waals surface area contributed by atoms with Crippen LogP contribution in [0, 0.1) is 18.7 Å². The summed E-state index contributed by atoms with van der Waals surface area (Å²) in [5.74, 6) is -2.19. The van der Waals surface area contributed by atoms with Gasteiger partial charge in [-0.05, 0) is 31.2 Å². The van der Waals surface area contributed by atoms with Crippen molar-refractivity contribution >= 4 is 23.2 Å². The maximum Gasteiger partial charge on any atom is 0.278 e. The highest BCUT2D eigenvalue weighted by Crippen LogP contribution is 2.35. The third kappa shape index (κ3) is 1.89. The van der Waals surface area contributed by atoms with E-state index >= 15 is 0 Å². The molecular weight excluding hydrogens is 315 g/mol. The van der Waals surface area contributed by atoms with Crippen LogP contribution in [-0.2, 0) is 21.5 Å². The molecule has 4 rings (SSSR count). The second-order valence-corrected chi connectivity index (χ2v) is 5.74. The Kier molecular flexibility index (Phi) is 3.02. The van der Waals surface area contributed by atoms with E-state index in [-0.39, 0.29) is 0 Å². The second kappa shape index (κ2) is 4.98. The lowest BCUT2D eigenvalue weighted by molar-refractivity contribution is -0.126. The van der Waals surface area contributed by atoms with Crippen LogP contribution in [0.3, 0.4) is 0 Å². The van der Waals surface area contributed by atoms with Gasteiger partial charge in [-0.3, -0.25) is 14.3 Å². The molecule has 2 amide bonds. The van der Waals surface area contributed by atoms with Crippen molar-refractivity contribution in [2.24, 2.45) is 18.1 Å². The number of anilines is 1. The molecule has 1 aromatic heterocycles. The predicted molar refractivity (Wildman–Crippen MR) is 81.7 cm³/mol. The number of oxime groups is 1. The van der Waals surface area contributed by atoms with Crippen LogP contribution in [0.5, 0.6) is 0 Å². The third-order valence-electron chi connectivity index (χ3n) is 4.41. The number of carbonyl (C=O) groups is 2. The normalized spacial score (nSPS) is 22.6. The Labute approximate surface area is 136 Å². The predicted octanol–water partition coefficient (Wildman–Crippen LogP) is 1.16. The Morgan fingerprint density at radius 2 is 1.88 bits per heavy atom. The van der Waals surface area contributed by atoms with Gasteiger partial charge in [0.25, 0.3) is 5.91 Å². The fourth-order valence-corrected chi connectivity index (χ4v) is 3.00. The Hall–Kier alpha value is -3.03. The maximum absolute atomic E-state index is 13.1. The molecule has 0 aliphatic carbocycles. The third-order valence-corrected chi connectivity index (χ3v) is 4.41. The summed E-state index contributed by atoms with van der Waals surface area (Å²) < 4.78 is 14.7. The lowest BCUT2D eigenvalue weighted by Crippen LogP contribution is -2.33. The quantitative estimate of drug-likeness (QED) is 0.775. The van der Waals surface area contributed by atoms with Gasteiger partial charge in [0, 0.05) is 18.3 Å². The summed E-state index contributed by atoms with van der Waals surface area (Å²) in [5, 5.41) is 8.08. The molecule has 8 heteroatoms. The SMILES string of the molecule is Cc1c(C2=NO[C@@H]3C(=O)N(c4ccc(F)cc4)C(=O)[C@H]23)cnn1C. The summed E-state index contributed by atoms with van der Waals surface area (Å²) in [6, 6.07) is 5.17. The first-order valence-electron chi connectivity index (χ1n) is 7.35. The average Bonchev–Trinajstić information content (AvgIpc) is 3.20. The number of halogens is 1. The van der Waals surface area contributed by atoms with E-state index in [0.29, 0.717) is 17.0 Å². The van der Waals surface area contributed by atoms with Crippen LogP contribution in [0.1, 0.15) is 11.3 Å². The van der Waals surface area contributed by atoms with Crippen LogP contribution in [0.2, 0.25) is 0 Å². The van der Waals surface area contributed by atoms with Gasteiger partial charge >= 0.3 is 0 Å². The smallest absolute Gasteiger partial charge is 0.278 e. The van der Waals surface area contributed by atoms with Crippen molar-refractivity contribution in [2.45, 2.75) is 13.0 Å². The number of carbonyl (C=O) groups excluding carboxylic acids is 2. The average molecular weight is 328 g/mol. The zero-order chi connectivity index (χ0) is 17.0. The fourth-order valence-electron chi connectivity index (χ4n) is 3.00. The summed E-state index contributed by atoms with van der Waals surface area (Å²) in [4.78, 5) is 31.6. The summed E-state index contributed by atoms with van der Waals surface area (Å²) in [5.41, 5.74) is 2.20. The van der Waals surface area contributed by atoms with Gasteiger partial charge in [0.05, 0.1) is 11.9 Å². The summed E-state index contributed by atoms with van der Waals surface area (Å²) in [6.45, 7) is 1.84. The molecule has 122 valence electrons. The van der Waals surface area contributed by atoms with E-state index in [9.17, 15) is 14.0 Å². The highest BCUT2D eigenvalue weighted by molar-refractivity contribution is 6.32. The highest BCUT2D eigenvalue weighted by Gasteiger charge is 2.56. The van der Waals surface area contributed by atoms with Gasteiger partial charge in [-0.25, -0.2) is 9.29 Å². The minimum Gasteiger partial charge on any atom is -0.381 e. The largest absolute Gasteiger partial charge is 0.381 e. The van der Waals surface area contributed by atoms with Crippen LogP contribution >= 0.6 is 0 Å². The Bertz CT molecular complexity index is 887. The zero-order valence-corrected chi connectivity index (χ0v) is 12.9. The van der Waals surface area contributed by atoms with Crippen LogP contribution in [-0.4, -0.2) is 33.4 Å². The van der Waals surface area contributed by atoms with Crippen LogP contribution in [0.4, 0.5) is 10.1 Å². The molecule has 1 aromatic carbocycles. The zero-order valence-electron chi connectivity index (χ0n) is 12.9. The number of nitrogens with zero attached hydrogens (tertiary/aromatic N) is 4.